The molecule has 4 nitrogen and oxygen atoms in total. The Morgan fingerprint density at radius 1 is 1.30 bits per heavy atom. The van der Waals surface area contributed by atoms with Crippen LogP contribution in [0.2, 0.25) is 0 Å². The number of carbonyl (C=O) groups is 1. The van der Waals surface area contributed by atoms with Crippen LogP contribution in [0, 0.1) is 0 Å². The van der Waals surface area contributed by atoms with Crippen molar-refractivity contribution in [2.75, 3.05) is 26.3 Å². The third kappa shape index (κ3) is 3.05. The first-order valence-electron chi connectivity index (χ1n) is 7.05. The zero-order valence-electron chi connectivity index (χ0n) is 11.3. The molecule has 3 rings (SSSR count). The van der Waals surface area contributed by atoms with Crippen LogP contribution in [0.25, 0.3) is 0 Å². The first-order valence-corrected chi connectivity index (χ1v) is 7.84. The Morgan fingerprint density at radius 2 is 2.10 bits per heavy atom. The van der Waals surface area contributed by atoms with E-state index in [4.69, 9.17) is 9.47 Å². The van der Waals surface area contributed by atoms with E-state index in [9.17, 15) is 4.79 Å². The fourth-order valence-corrected chi connectivity index (χ4v) is 3.09. The van der Waals surface area contributed by atoms with Gasteiger partial charge in [0.1, 0.15) is 0 Å². The lowest BCUT2D eigenvalue weighted by molar-refractivity contribution is -0.182. The summed E-state index contributed by atoms with van der Waals surface area (Å²) in [7, 11) is 0. The van der Waals surface area contributed by atoms with E-state index < -0.39 is 0 Å². The van der Waals surface area contributed by atoms with Gasteiger partial charge >= 0.3 is 0 Å². The fraction of sp³-hybridized carbons (Fsp3) is 0.533. The Hall–Kier alpha value is -0.910. The number of nitrogens with zero attached hydrogens (tertiary/aromatic N) is 1. The van der Waals surface area contributed by atoms with Crippen molar-refractivity contribution in [1.82, 2.24) is 4.90 Å². The molecular weight excluding hydrogens is 322 g/mol. The highest BCUT2D eigenvalue weighted by Crippen LogP contribution is 2.23. The maximum Gasteiger partial charge on any atom is 0.254 e. The molecule has 0 aliphatic carbocycles. The van der Waals surface area contributed by atoms with Gasteiger partial charge in [0.05, 0.1) is 13.2 Å². The fourth-order valence-electron chi connectivity index (χ4n) is 2.68. The van der Waals surface area contributed by atoms with Crippen LogP contribution in [-0.2, 0) is 15.9 Å². The van der Waals surface area contributed by atoms with Crippen molar-refractivity contribution in [2.45, 2.75) is 25.6 Å². The molecule has 0 unspecified atom stereocenters. The van der Waals surface area contributed by atoms with Crippen LogP contribution in [0.15, 0.2) is 22.7 Å². The van der Waals surface area contributed by atoms with E-state index in [1.165, 1.54) is 0 Å². The van der Waals surface area contributed by atoms with E-state index in [2.05, 4.69) is 15.9 Å². The number of rotatable bonds is 3. The number of hydrogen-bond donors (Lipinski definition) is 0. The van der Waals surface area contributed by atoms with Crippen molar-refractivity contribution in [3.05, 3.63) is 33.8 Å². The second-order valence-electron chi connectivity index (χ2n) is 5.16. The highest BCUT2D eigenvalue weighted by atomic mass is 79.9. The lowest BCUT2D eigenvalue weighted by Gasteiger charge is -2.31. The zero-order chi connectivity index (χ0) is 13.9. The van der Waals surface area contributed by atoms with Gasteiger partial charge in [-0.25, -0.2) is 0 Å². The maximum absolute atomic E-state index is 12.4. The summed E-state index contributed by atoms with van der Waals surface area (Å²) < 4.78 is 12.1. The van der Waals surface area contributed by atoms with Crippen molar-refractivity contribution in [1.29, 1.82) is 0 Å². The van der Waals surface area contributed by atoms with E-state index >= 15 is 0 Å². The van der Waals surface area contributed by atoms with Crippen molar-refractivity contribution in [3.8, 4) is 0 Å². The third-order valence-electron chi connectivity index (χ3n) is 3.77. The summed E-state index contributed by atoms with van der Waals surface area (Å²) >= 11 is 3.45. The molecule has 0 saturated carbocycles. The number of benzene rings is 1. The maximum atomic E-state index is 12.4. The summed E-state index contributed by atoms with van der Waals surface area (Å²) in [5, 5.41) is 0. The van der Waals surface area contributed by atoms with Crippen LogP contribution >= 0.6 is 15.9 Å². The van der Waals surface area contributed by atoms with Crippen molar-refractivity contribution < 1.29 is 14.3 Å². The summed E-state index contributed by atoms with van der Waals surface area (Å²) in [5.74, 6) is 0.120. The van der Waals surface area contributed by atoms with E-state index in [-0.39, 0.29) is 12.2 Å². The molecule has 1 saturated heterocycles. The largest absolute Gasteiger partial charge is 0.353 e. The summed E-state index contributed by atoms with van der Waals surface area (Å²) in [6.07, 6.45) is 2.47. The molecule has 0 N–H and O–H groups in total. The molecule has 1 aromatic rings. The number of ether oxygens (including phenoxy) is 2. The molecule has 0 aromatic heterocycles. The van der Waals surface area contributed by atoms with Crippen molar-refractivity contribution in [2.24, 2.45) is 0 Å². The Bertz CT molecular complexity index is 500. The Balaban J connectivity index is 1.61. The van der Waals surface area contributed by atoms with Gasteiger partial charge in [0.15, 0.2) is 6.29 Å². The predicted molar refractivity (Wildman–Crippen MR) is 78.7 cm³/mol. The SMILES string of the molecule is O=C1c2ccc(Br)cc2CCN1CCC1OCCCO1. The minimum Gasteiger partial charge on any atom is -0.353 e. The van der Waals surface area contributed by atoms with Crippen LogP contribution < -0.4 is 0 Å². The van der Waals surface area contributed by atoms with Crippen molar-refractivity contribution in [3.63, 3.8) is 0 Å². The van der Waals surface area contributed by atoms with Crippen LogP contribution in [0.1, 0.15) is 28.8 Å². The smallest absolute Gasteiger partial charge is 0.254 e. The second kappa shape index (κ2) is 6.24. The molecule has 2 aliphatic rings. The van der Waals surface area contributed by atoms with Gasteiger partial charge in [0.2, 0.25) is 0 Å². The number of fused-ring (bicyclic) bond motifs is 1. The van der Waals surface area contributed by atoms with Crippen molar-refractivity contribution >= 4 is 21.8 Å². The number of halogens is 1. The summed E-state index contributed by atoms with van der Waals surface area (Å²) in [6.45, 7) is 2.99. The van der Waals surface area contributed by atoms with E-state index in [1.807, 2.05) is 23.1 Å². The molecule has 0 atom stereocenters. The van der Waals surface area contributed by atoms with Gasteiger partial charge < -0.3 is 14.4 Å². The molecular formula is C15H18BrNO3. The number of amides is 1. The molecule has 20 heavy (non-hydrogen) atoms. The molecule has 0 spiro atoms. The lowest BCUT2D eigenvalue weighted by atomic mass is 9.99. The Kier molecular flexibility index (Phi) is 4.38. The quantitative estimate of drug-likeness (QED) is 0.849. The monoisotopic (exact) mass is 339 g/mol. The van der Waals surface area contributed by atoms with Gasteiger partial charge in [0, 0.05) is 29.5 Å². The Morgan fingerprint density at radius 3 is 2.90 bits per heavy atom. The molecule has 1 aromatic carbocycles. The first kappa shape index (κ1) is 14.0. The normalized spacial score (nSPS) is 20.1. The minimum absolute atomic E-state index is 0.120. The van der Waals surface area contributed by atoms with Gasteiger partial charge in [-0.15, -0.1) is 0 Å². The van der Waals surface area contributed by atoms with E-state index in [0.717, 1.165) is 54.6 Å². The minimum atomic E-state index is -0.150. The van der Waals surface area contributed by atoms with Crippen LogP contribution in [0.5, 0.6) is 0 Å². The average molecular weight is 340 g/mol. The van der Waals surface area contributed by atoms with Gasteiger partial charge in [-0.2, -0.15) is 0 Å². The predicted octanol–water partition coefficient (Wildman–Crippen LogP) is 2.60. The lowest BCUT2D eigenvalue weighted by Crippen LogP contribution is -2.40. The van der Waals surface area contributed by atoms with Gasteiger partial charge in [-0.3, -0.25) is 4.79 Å². The molecule has 2 aliphatic heterocycles. The molecule has 5 heteroatoms. The molecule has 2 heterocycles. The van der Waals surface area contributed by atoms with Gasteiger partial charge in [-0.05, 0) is 36.6 Å². The summed E-state index contributed by atoms with van der Waals surface area (Å²) in [5.41, 5.74) is 1.95. The third-order valence-corrected chi connectivity index (χ3v) is 4.26. The number of carbonyl (C=O) groups excluding carboxylic acids is 1. The van der Waals surface area contributed by atoms with Crippen LogP contribution in [0.4, 0.5) is 0 Å². The summed E-state index contributed by atoms with van der Waals surface area (Å²) in [4.78, 5) is 14.3. The average Bonchev–Trinajstić information content (AvgIpc) is 2.47. The molecule has 1 amide bonds. The molecule has 0 bridgehead atoms. The van der Waals surface area contributed by atoms with Crippen LogP contribution in [0.3, 0.4) is 0 Å². The van der Waals surface area contributed by atoms with E-state index in [0.29, 0.717) is 6.54 Å². The van der Waals surface area contributed by atoms with Gasteiger partial charge in [-0.1, -0.05) is 15.9 Å². The highest BCUT2D eigenvalue weighted by Gasteiger charge is 2.25. The molecule has 108 valence electrons. The van der Waals surface area contributed by atoms with E-state index in [1.54, 1.807) is 0 Å². The first-order chi connectivity index (χ1) is 9.74. The molecule has 1 fully saturated rings. The standard InChI is InChI=1S/C15H18BrNO3/c16-12-2-3-13-11(10-12)4-6-17(15(13)18)7-5-14-19-8-1-9-20-14/h2-3,10,14H,1,4-9H2. The summed E-state index contributed by atoms with van der Waals surface area (Å²) in [6, 6.07) is 5.87. The van der Waals surface area contributed by atoms with Gasteiger partial charge in [0.25, 0.3) is 5.91 Å². The highest BCUT2D eigenvalue weighted by molar-refractivity contribution is 9.10. The molecule has 0 radical (unpaired) electrons. The van der Waals surface area contributed by atoms with Crippen LogP contribution in [-0.4, -0.2) is 43.4 Å². The number of hydrogen-bond acceptors (Lipinski definition) is 3. The topological polar surface area (TPSA) is 38.8 Å². The second-order valence-corrected chi connectivity index (χ2v) is 6.07. The Labute approximate surface area is 127 Å². The zero-order valence-corrected chi connectivity index (χ0v) is 12.9.